The molecule has 0 radical (unpaired) electrons. The number of hydrogen-bond acceptors (Lipinski definition) is 3. The molecule has 1 unspecified atom stereocenters. The molecule has 7 heteroatoms. The predicted octanol–water partition coefficient (Wildman–Crippen LogP) is 2.84. The number of carbonyl (C=O) groups excluding carboxylic acids is 2. The van der Waals surface area contributed by atoms with Gasteiger partial charge in [0.15, 0.2) is 0 Å². The second-order valence-electron chi connectivity index (χ2n) is 6.18. The molecule has 2 aromatic rings. The molecular weight excluding hydrogens is 330 g/mol. The van der Waals surface area contributed by atoms with Gasteiger partial charge in [-0.05, 0) is 37.3 Å². The van der Waals surface area contributed by atoms with Gasteiger partial charge in [0, 0.05) is 42.7 Å². The quantitative estimate of drug-likeness (QED) is 0.644. The van der Waals surface area contributed by atoms with Gasteiger partial charge in [0.05, 0.1) is 0 Å². The number of rotatable bonds is 6. The van der Waals surface area contributed by atoms with E-state index in [0.29, 0.717) is 25.3 Å². The van der Waals surface area contributed by atoms with Crippen LogP contribution in [0.3, 0.4) is 0 Å². The maximum atomic E-state index is 12.2. The summed E-state index contributed by atoms with van der Waals surface area (Å²) in [6.07, 6.45) is 0. The van der Waals surface area contributed by atoms with E-state index in [1.54, 1.807) is 17.0 Å². The number of nitrogens with zero attached hydrogens (tertiary/aromatic N) is 1. The normalized spacial score (nSPS) is 14.5. The zero-order valence-electron chi connectivity index (χ0n) is 14.7. The van der Waals surface area contributed by atoms with Gasteiger partial charge in [-0.3, -0.25) is 4.90 Å². The topological polar surface area (TPSA) is 85.5 Å². The lowest BCUT2D eigenvalue weighted by Gasteiger charge is -2.18. The van der Waals surface area contributed by atoms with Crippen molar-refractivity contribution in [2.45, 2.75) is 13.0 Å². The number of carbonyl (C=O) groups is 2. The SMILES string of the molecule is CC(CNc1ccccc1)NC(=O)Nc1cccc(N2CCNC2=O)c1. The molecule has 0 aromatic heterocycles. The van der Waals surface area contributed by atoms with E-state index in [0.717, 1.165) is 11.4 Å². The van der Waals surface area contributed by atoms with Crippen LogP contribution in [0.1, 0.15) is 6.92 Å². The van der Waals surface area contributed by atoms with Crippen molar-refractivity contribution in [2.24, 2.45) is 0 Å². The molecule has 26 heavy (non-hydrogen) atoms. The first-order valence-corrected chi connectivity index (χ1v) is 8.64. The third kappa shape index (κ3) is 4.66. The van der Waals surface area contributed by atoms with Gasteiger partial charge in [0.2, 0.25) is 0 Å². The van der Waals surface area contributed by atoms with Crippen LogP contribution in [-0.2, 0) is 0 Å². The molecular formula is C19H23N5O2. The van der Waals surface area contributed by atoms with Crippen LogP contribution < -0.4 is 26.2 Å². The second-order valence-corrected chi connectivity index (χ2v) is 6.18. The van der Waals surface area contributed by atoms with E-state index in [-0.39, 0.29) is 18.1 Å². The van der Waals surface area contributed by atoms with Gasteiger partial charge in [0.25, 0.3) is 0 Å². The van der Waals surface area contributed by atoms with Gasteiger partial charge < -0.3 is 21.3 Å². The third-order valence-electron chi connectivity index (χ3n) is 4.04. The molecule has 0 saturated carbocycles. The molecule has 136 valence electrons. The summed E-state index contributed by atoms with van der Waals surface area (Å²) < 4.78 is 0. The van der Waals surface area contributed by atoms with E-state index >= 15 is 0 Å². The number of para-hydroxylation sites is 1. The van der Waals surface area contributed by atoms with Crippen LogP contribution in [0.2, 0.25) is 0 Å². The Labute approximate surface area is 152 Å². The van der Waals surface area contributed by atoms with E-state index in [9.17, 15) is 9.59 Å². The lowest BCUT2D eigenvalue weighted by atomic mass is 10.2. The number of amides is 4. The highest BCUT2D eigenvalue weighted by molar-refractivity contribution is 5.95. The molecule has 0 spiro atoms. The number of anilines is 3. The molecule has 4 N–H and O–H groups in total. The fraction of sp³-hybridized carbons (Fsp3) is 0.263. The molecule has 1 atom stereocenters. The number of nitrogens with one attached hydrogen (secondary N) is 4. The summed E-state index contributed by atoms with van der Waals surface area (Å²) in [5.41, 5.74) is 2.41. The van der Waals surface area contributed by atoms with Crippen LogP contribution in [-0.4, -0.2) is 37.7 Å². The van der Waals surface area contributed by atoms with Crippen molar-refractivity contribution in [1.82, 2.24) is 10.6 Å². The summed E-state index contributed by atoms with van der Waals surface area (Å²) in [5, 5.41) is 11.7. The van der Waals surface area contributed by atoms with Crippen LogP contribution >= 0.6 is 0 Å². The maximum absolute atomic E-state index is 12.2. The summed E-state index contributed by atoms with van der Waals surface area (Å²) in [4.78, 5) is 25.6. The van der Waals surface area contributed by atoms with Gasteiger partial charge in [-0.2, -0.15) is 0 Å². The molecule has 1 aliphatic heterocycles. The molecule has 1 aliphatic rings. The predicted molar refractivity (Wildman–Crippen MR) is 104 cm³/mol. The van der Waals surface area contributed by atoms with Crippen molar-refractivity contribution in [3.63, 3.8) is 0 Å². The zero-order chi connectivity index (χ0) is 18.4. The molecule has 1 fully saturated rings. The van der Waals surface area contributed by atoms with Crippen molar-refractivity contribution in [2.75, 3.05) is 35.2 Å². The standard InChI is InChI=1S/C19H23N5O2/c1-14(13-21-15-6-3-2-4-7-15)22-18(25)23-16-8-5-9-17(12-16)24-11-10-20-19(24)26/h2-9,12,14,21H,10-11,13H2,1H3,(H,20,26)(H2,22,23,25). The number of hydrogen-bond donors (Lipinski definition) is 4. The minimum absolute atomic E-state index is 0.0530. The van der Waals surface area contributed by atoms with E-state index < -0.39 is 0 Å². The van der Waals surface area contributed by atoms with Crippen LogP contribution in [0.25, 0.3) is 0 Å². The van der Waals surface area contributed by atoms with E-state index in [1.807, 2.05) is 49.4 Å². The van der Waals surface area contributed by atoms with Crippen molar-refractivity contribution in [3.05, 3.63) is 54.6 Å². The molecule has 1 heterocycles. The van der Waals surface area contributed by atoms with Gasteiger partial charge in [-0.25, -0.2) is 9.59 Å². The average molecular weight is 353 g/mol. The second kappa shape index (κ2) is 8.24. The van der Waals surface area contributed by atoms with Gasteiger partial charge in [-0.15, -0.1) is 0 Å². The minimum Gasteiger partial charge on any atom is -0.383 e. The summed E-state index contributed by atoms with van der Waals surface area (Å²) in [7, 11) is 0. The largest absolute Gasteiger partial charge is 0.383 e. The first kappa shape index (κ1) is 17.6. The zero-order valence-corrected chi connectivity index (χ0v) is 14.7. The van der Waals surface area contributed by atoms with Crippen LogP contribution in [0, 0.1) is 0 Å². The Balaban J connectivity index is 1.50. The summed E-state index contributed by atoms with van der Waals surface area (Å²) in [6.45, 7) is 3.80. The lowest BCUT2D eigenvalue weighted by molar-refractivity contribution is 0.249. The molecule has 7 nitrogen and oxygen atoms in total. The van der Waals surface area contributed by atoms with Crippen LogP contribution in [0.15, 0.2) is 54.6 Å². The summed E-state index contributed by atoms with van der Waals surface area (Å²) >= 11 is 0. The van der Waals surface area contributed by atoms with Gasteiger partial charge >= 0.3 is 12.1 Å². The smallest absolute Gasteiger partial charge is 0.321 e. The minimum atomic E-state index is -0.282. The maximum Gasteiger partial charge on any atom is 0.321 e. The average Bonchev–Trinajstić information content (AvgIpc) is 3.07. The third-order valence-corrected chi connectivity index (χ3v) is 4.04. The highest BCUT2D eigenvalue weighted by Crippen LogP contribution is 2.20. The van der Waals surface area contributed by atoms with E-state index in [1.165, 1.54) is 0 Å². The van der Waals surface area contributed by atoms with Crippen molar-refractivity contribution in [3.8, 4) is 0 Å². The molecule has 1 saturated heterocycles. The van der Waals surface area contributed by atoms with Crippen molar-refractivity contribution in [1.29, 1.82) is 0 Å². The van der Waals surface area contributed by atoms with Crippen molar-refractivity contribution < 1.29 is 9.59 Å². The Morgan fingerprint density at radius 3 is 2.65 bits per heavy atom. The molecule has 3 rings (SSSR count). The molecule has 4 amide bonds. The Hall–Kier alpha value is -3.22. The first-order chi connectivity index (χ1) is 12.6. The van der Waals surface area contributed by atoms with E-state index in [4.69, 9.17) is 0 Å². The molecule has 0 bridgehead atoms. The highest BCUT2D eigenvalue weighted by Gasteiger charge is 2.21. The Morgan fingerprint density at radius 2 is 1.92 bits per heavy atom. The highest BCUT2D eigenvalue weighted by atomic mass is 16.2. The van der Waals surface area contributed by atoms with E-state index in [2.05, 4.69) is 21.3 Å². The first-order valence-electron chi connectivity index (χ1n) is 8.64. The van der Waals surface area contributed by atoms with Gasteiger partial charge in [0.1, 0.15) is 0 Å². The Kier molecular flexibility index (Phi) is 5.58. The summed E-state index contributed by atoms with van der Waals surface area (Å²) in [5.74, 6) is 0. The Morgan fingerprint density at radius 1 is 1.15 bits per heavy atom. The molecule has 2 aromatic carbocycles. The lowest BCUT2D eigenvalue weighted by Crippen LogP contribution is -2.40. The van der Waals surface area contributed by atoms with Gasteiger partial charge in [-0.1, -0.05) is 24.3 Å². The summed E-state index contributed by atoms with van der Waals surface area (Å²) in [6, 6.07) is 16.6. The van der Waals surface area contributed by atoms with Crippen LogP contribution in [0.5, 0.6) is 0 Å². The number of urea groups is 2. The molecule has 0 aliphatic carbocycles. The number of benzene rings is 2. The fourth-order valence-electron chi connectivity index (χ4n) is 2.74. The monoisotopic (exact) mass is 353 g/mol. The van der Waals surface area contributed by atoms with Crippen LogP contribution in [0.4, 0.5) is 26.7 Å². The van der Waals surface area contributed by atoms with Crippen molar-refractivity contribution >= 4 is 29.1 Å². The fourth-order valence-corrected chi connectivity index (χ4v) is 2.74. The Bertz CT molecular complexity index is 766.